The molecule has 4 aliphatic carbocycles. The Hall–Kier alpha value is -1.64. The first kappa shape index (κ1) is 16.5. The summed E-state index contributed by atoms with van der Waals surface area (Å²) in [4.78, 5) is 25.7. The molecule has 5 atom stereocenters. The maximum Gasteiger partial charge on any atom is 0.139 e. The number of fused-ring (bicyclic) bond motifs is 3. The van der Waals surface area contributed by atoms with Gasteiger partial charge in [0.25, 0.3) is 0 Å². The van der Waals surface area contributed by atoms with Gasteiger partial charge in [-0.25, -0.2) is 0 Å². The number of Topliss-reactive ketones (excluding diaryl/α,β-unsaturated/α-hetero) is 2. The summed E-state index contributed by atoms with van der Waals surface area (Å²) in [6.07, 6.45) is 7.14. The Bertz CT molecular complexity index is 797. The van der Waals surface area contributed by atoms with Gasteiger partial charge in [0.2, 0.25) is 0 Å². The molecule has 0 aromatic heterocycles. The molecule has 3 saturated carbocycles. The molecule has 1 aromatic carbocycles. The SMILES string of the molecule is COc1ccc2c(c1)CC[C@@H]1[C@@H]2CC[C@]2(C)C(=O)C[C@H]3CCC(=O)C[C@@]312. The van der Waals surface area contributed by atoms with Crippen molar-refractivity contribution in [3.63, 3.8) is 0 Å². The summed E-state index contributed by atoms with van der Waals surface area (Å²) in [5, 5.41) is 0. The van der Waals surface area contributed by atoms with Gasteiger partial charge in [0.1, 0.15) is 17.3 Å². The molecule has 1 aromatic rings. The van der Waals surface area contributed by atoms with Crippen LogP contribution in [0.4, 0.5) is 0 Å². The number of carbonyl (C=O) groups excluding carboxylic acids is 2. The second-order valence-corrected chi connectivity index (χ2v) is 9.31. The lowest BCUT2D eigenvalue weighted by atomic mass is 9.43. The van der Waals surface area contributed by atoms with Crippen molar-refractivity contribution in [3.05, 3.63) is 29.3 Å². The highest BCUT2D eigenvalue weighted by atomic mass is 16.5. The molecule has 1 spiro atoms. The van der Waals surface area contributed by atoms with Gasteiger partial charge >= 0.3 is 0 Å². The predicted octanol–water partition coefficient (Wildman–Crippen LogP) is 4.47. The second-order valence-electron chi connectivity index (χ2n) is 9.31. The van der Waals surface area contributed by atoms with E-state index in [1.54, 1.807) is 7.11 Å². The van der Waals surface area contributed by atoms with Crippen LogP contribution in [0.3, 0.4) is 0 Å². The molecule has 4 aliphatic rings. The Labute approximate surface area is 155 Å². The fraction of sp³-hybridized carbons (Fsp3) is 0.652. The van der Waals surface area contributed by atoms with Gasteiger partial charge in [-0.3, -0.25) is 9.59 Å². The van der Waals surface area contributed by atoms with Gasteiger partial charge in [-0.15, -0.1) is 0 Å². The molecule has 3 heteroatoms. The van der Waals surface area contributed by atoms with E-state index < -0.39 is 0 Å². The normalized spacial score (nSPS) is 41.1. The molecule has 3 fully saturated rings. The number of aryl methyl sites for hydroxylation is 1. The Morgan fingerprint density at radius 1 is 1.12 bits per heavy atom. The maximum atomic E-state index is 13.1. The van der Waals surface area contributed by atoms with Crippen LogP contribution in [0.25, 0.3) is 0 Å². The number of ketones is 2. The van der Waals surface area contributed by atoms with Crippen LogP contribution in [-0.4, -0.2) is 18.7 Å². The number of hydrogen-bond acceptors (Lipinski definition) is 3. The molecule has 0 radical (unpaired) electrons. The highest BCUT2D eigenvalue weighted by Crippen LogP contribution is 2.72. The van der Waals surface area contributed by atoms with Gasteiger partial charge in [0.05, 0.1) is 7.11 Å². The topological polar surface area (TPSA) is 43.4 Å². The largest absolute Gasteiger partial charge is 0.497 e. The summed E-state index contributed by atoms with van der Waals surface area (Å²) >= 11 is 0. The zero-order valence-electron chi connectivity index (χ0n) is 15.8. The van der Waals surface area contributed by atoms with E-state index in [4.69, 9.17) is 4.74 Å². The van der Waals surface area contributed by atoms with Crippen LogP contribution in [0, 0.1) is 22.7 Å². The first-order valence-corrected chi connectivity index (χ1v) is 10.2. The number of methoxy groups -OCH3 is 1. The van der Waals surface area contributed by atoms with Crippen molar-refractivity contribution in [2.45, 2.75) is 64.2 Å². The average molecular weight is 352 g/mol. The monoisotopic (exact) mass is 352 g/mol. The lowest BCUT2D eigenvalue weighted by molar-refractivity contribution is -0.150. The van der Waals surface area contributed by atoms with Gasteiger partial charge in [0, 0.05) is 24.7 Å². The number of carbonyl (C=O) groups is 2. The van der Waals surface area contributed by atoms with E-state index in [-0.39, 0.29) is 10.8 Å². The fourth-order valence-corrected chi connectivity index (χ4v) is 7.44. The van der Waals surface area contributed by atoms with E-state index in [0.29, 0.717) is 48.6 Å². The van der Waals surface area contributed by atoms with Crippen molar-refractivity contribution in [1.29, 1.82) is 0 Å². The summed E-state index contributed by atoms with van der Waals surface area (Å²) in [6.45, 7) is 2.20. The lowest BCUT2D eigenvalue weighted by Gasteiger charge is -2.60. The molecule has 0 aliphatic heterocycles. The van der Waals surface area contributed by atoms with E-state index in [2.05, 4.69) is 25.1 Å². The average Bonchev–Trinajstić information content (AvgIpc) is 2.88. The highest BCUT2D eigenvalue weighted by molar-refractivity contribution is 5.92. The van der Waals surface area contributed by atoms with Crippen LogP contribution in [-0.2, 0) is 16.0 Å². The molecular formula is C23H28O3. The zero-order valence-corrected chi connectivity index (χ0v) is 15.8. The molecule has 0 bridgehead atoms. The van der Waals surface area contributed by atoms with Crippen molar-refractivity contribution in [2.24, 2.45) is 22.7 Å². The Balaban J connectivity index is 1.63. The zero-order chi connectivity index (χ0) is 18.1. The number of benzene rings is 1. The molecule has 138 valence electrons. The minimum Gasteiger partial charge on any atom is -0.497 e. The number of hydrogen-bond donors (Lipinski definition) is 0. The minimum absolute atomic E-state index is 0.0834. The third-order valence-electron chi connectivity index (χ3n) is 8.64. The Morgan fingerprint density at radius 2 is 1.96 bits per heavy atom. The van der Waals surface area contributed by atoms with E-state index in [1.165, 1.54) is 11.1 Å². The standard InChI is InChI=1S/C23H28O3/c1-22-10-9-19-18-7-6-17(26-2)11-14(18)3-8-20(19)23(22)13-16(24)5-4-15(23)12-21(22)25/h6-7,11,15,19-20H,3-5,8-10,12-13H2,1-2H3/t15-,19-,20-,22-,23-/m1/s1. The lowest BCUT2D eigenvalue weighted by Crippen LogP contribution is -2.56. The summed E-state index contributed by atoms with van der Waals surface area (Å²) < 4.78 is 5.43. The third kappa shape index (κ3) is 1.90. The number of ether oxygens (including phenoxy) is 1. The van der Waals surface area contributed by atoms with Gasteiger partial charge in [-0.1, -0.05) is 13.0 Å². The van der Waals surface area contributed by atoms with Crippen LogP contribution in [0.5, 0.6) is 5.75 Å². The van der Waals surface area contributed by atoms with Crippen molar-refractivity contribution in [2.75, 3.05) is 7.11 Å². The second kappa shape index (κ2) is 5.43. The molecule has 0 unspecified atom stereocenters. The third-order valence-corrected chi connectivity index (χ3v) is 8.64. The van der Waals surface area contributed by atoms with Crippen molar-refractivity contribution < 1.29 is 14.3 Å². The van der Waals surface area contributed by atoms with Crippen LogP contribution in [0.2, 0.25) is 0 Å². The fourth-order valence-electron chi connectivity index (χ4n) is 7.44. The smallest absolute Gasteiger partial charge is 0.139 e. The summed E-state index contributed by atoms with van der Waals surface area (Å²) in [5.74, 6) is 3.16. The summed E-state index contributed by atoms with van der Waals surface area (Å²) in [5.41, 5.74) is 2.50. The number of rotatable bonds is 1. The van der Waals surface area contributed by atoms with Crippen molar-refractivity contribution >= 4 is 11.6 Å². The Morgan fingerprint density at radius 3 is 2.77 bits per heavy atom. The maximum absolute atomic E-state index is 13.1. The highest BCUT2D eigenvalue weighted by Gasteiger charge is 2.69. The van der Waals surface area contributed by atoms with Gasteiger partial charge in [-0.2, -0.15) is 0 Å². The van der Waals surface area contributed by atoms with Crippen LogP contribution < -0.4 is 4.74 Å². The van der Waals surface area contributed by atoms with E-state index in [9.17, 15) is 9.59 Å². The van der Waals surface area contributed by atoms with Crippen LogP contribution in [0.15, 0.2) is 18.2 Å². The Kier molecular flexibility index (Phi) is 3.45. The first-order valence-electron chi connectivity index (χ1n) is 10.2. The van der Waals surface area contributed by atoms with E-state index in [0.717, 1.165) is 37.9 Å². The first-order chi connectivity index (χ1) is 12.5. The molecule has 5 rings (SSSR count). The van der Waals surface area contributed by atoms with Gasteiger partial charge < -0.3 is 4.74 Å². The van der Waals surface area contributed by atoms with Gasteiger partial charge in [0.15, 0.2) is 0 Å². The minimum atomic E-state index is -0.279. The van der Waals surface area contributed by atoms with E-state index in [1.807, 2.05) is 0 Å². The molecular weight excluding hydrogens is 324 g/mol. The quantitative estimate of drug-likeness (QED) is 0.749. The molecule has 0 saturated heterocycles. The predicted molar refractivity (Wildman–Crippen MR) is 99.3 cm³/mol. The summed E-state index contributed by atoms with van der Waals surface area (Å²) in [6, 6.07) is 6.52. The van der Waals surface area contributed by atoms with Crippen molar-refractivity contribution in [3.8, 4) is 5.75 Å². The molecule has 0 amide bonds. The van der Waals surface area contributed by atoms with E-state index >= 15 is 0 Å². The molecule has 0 N–H and O–H groups in total. The van der Waals surface area contributed by atoms with Crippen LogP contribution in [0.1, 0.15) is 68.9 Å². The molecule has 3 nitrogen and oxygen atoms in total. The van der Waals surface area contributed by atoms with Gasteiger partial charge in [-0.05, 0) is 78.5 Å². The van der Waals surface area contributed by atoms with Crippen LogP contribution >= 0.6 is 0 Å². The summed E-state index contributed by atoms with van der Waals surface area (Å²) in [7, 11) is 1.72. The molecule has 0 heterocycles. The van der Waals surface area contributed by atoms with Crippen molar-refractivity contribution in [1.82, 2.24) is 0 Å². The molecule has 26 heavy (non-hydrogen) atoms.